The number of aromatic nitrogens is 8. The molecule has 0 radical (unpaired) electrons. The zero-order chi connectivity index (χ0) is 54.6. The van der Waals surface area contributed by atoms with Gasteiger partial charge in [-0.3, -0.25) is 9.79 Å². The number of anilines is 2. The average molecular weight is 1130 g/mol. The normalized spacial score (nSPS) is 19.6. The Morgan fingerprint density at radius 3 is 1.60 bits per heavy atom. The van der Waals surface area contributed by atoms with Crippen molar-refractivity contribution in [2.75, 3.05) is 18.1 Å². The van der Waals surface area contributed by atoms with Gasteiger partial charge in [-0.25, -0.2) is 24.9 Å². The van der Waals surface area contributed by atoms with E-state index in [1.165, 1.54) is 6.33 Å². The Morgan fingerprint density at radius 2 is 1.21 bits per heavy atom. The van der Waals surface area contributed by atoms with Crippen molar-refractivity contribution in [1.82, 2.24) is 38.6 Å². The van der Waals surface area contributed by atoms with E-state index in [1.807, 2.05) is 120 Å². The molecule has 9 aromatic rings. The maximum Gasteiger partial charge on any atom is 1.00 e. The molecule has 3 fully saturated rings. The van der Waals surface area contributed by atoms with Crippen molar-refractivity contribution >= 4 is 46.4 Å². The molecule has 80 heavy (non-hydrogen) atoms. The predicted molar refractivity (Wildman–Crippen MR) is 295 cm³/mol. The zero-order valence-corrected chi connectivity index (χ0v) is 50.9. The third-order valence-electron chi connectivity index (χ3n) is 14.4. The quantitative estimate of drug-likeness (QED) is 0.0331. The molecule has 1 saturated heterocycles. The van der Waals surface area contributed by atoms with E-state index in [1.54, 1.807) is 25.1 Å². The van der Waals surface area contributed by atoms with Crippen molar-refractivity contribution < 1.29 is 142 Å². The number of aliphatic hydroxyl groups is 1. The summed E-state index contributed by atoms with van der Waals surface area (Å²) in [6, 6.07) is 36.2. The number of ether oxygens (including phenoxy) is 3. The number of epoxide rings is 1. The van der Waals surface area contributed by atoms with Crippen molar-refractivity contribution in [3.63, 3.8) is 0 Å². The number of nitrogens with two attached hydrogens (primary N) is 2. The number of para-hydroxylation sites is 2. The van der Waals surface area contributed by atoms with Crippen molar-refractivity contribution in [2.45, 2.75) is 87.6 Å². The van der Waals surface area contributed by atoms with Gasteiger partial charge in [-0.2, -0.15) is 0 Å². The summed E-state index contributed by atoms with van der Waals surface area (Å²) in [6.07, 6.45) is 25.6. The van der Waals surface area contributed by atoms with Gasteiger partial charge in [-0.15, -0.1) is 0 Å². The molecule has 400 valence electrons. The molecule has 2 aliphatic heterocycles. The van der Waals surface area contributed by atoms with E-state index >= 15 is 0 Å². The Morgan fingerprint density at radius 1 is 0.725 bits per heavy atom. The van der Waals surface area contributed by atoms with Crippen LogP contribution >= 0.6 is 0 Å². The number of imidazole rings is 1. The van der Waals surface area contributed by atoms with E-state index in [9.17, 15) is 14.3 Å². The van der Waals surface area contributed by atoms with Crippen molar-refractivity contribution in [1.29, 1.82) is 0 Å². The number of aliphatic imine (C=N–C) groups is 1. The van der Waals surface area contributed by atoms with Crippen LogP contribution in [0.15, 0.2) is 170 Å². The van der Waals surface area contributed by atoms with Gasteiger partial charge < -0.3 is 58.7 Å². The molecule has 0 atom stereocenters. The fourth-order valence-corrected chi connectivity index (χ4v) is 10.3. The monoisotopic (exact) mass is 1130 g/mol. The SMILES string of the molecule is C1=CN=CC1.Nc1ncnc2c1c(-c1ccc(Oc3ccccc3)cc1)cn2C1CCC(O)(Cn2ccnc2)CC1.Nc1ncnc2c1c(-c1ccc(Oc3ccccc3)cc1)cn2C1CCC2(CC1)CO2.[2H]C(=O)OO[CH-]F.[K+].[K+]. The summed E-state index contributed by atoms with van der Waals surface area (Å²) in [5, 5.41) is 12.9. The minimum Gasteiger partial charge on any atom is -0.457 e. The molecule has 7 heterocycles. The molecule has 0 bridgehead atoms. The van der Waals surface area contributed by atoms with Crippen LogP contribution in [0.1, 0.15) is 71.2 Å². The Kier molecular flexibility index (Phi) is 21.4. The summed E-state index contributed by atoms with van der Waals surface area (Å²) < 4.78 is 40.6. The number of nitrogens with zero attached hydrogens (tertiary/aromatic N) is 9. The number of benzene rings is 4. The van der Waals surface area contributed by atoms with Gasteiger partial charge in [0, 0.05) is 66.8 Å². The summed E-state index contributed by atoms with van der Waals surface area (Å²) in [5.74, 6) is 4.16. The van der Waals surface area contributed by atoms with Gasteiger partial charge in [0.25, 0.3) is 0 Å². The van der Waals surface area contributed by atoms with E-state index in [4.69, 9.17) is 27.0 Å². The summed E-state index contributed by atoms with van der Waals surface area (Å²) in [5.41, 5.74) is 18.0. The van der Waals surface area contributed by atoms with Crippen LogP contribution in [0.5, 0.6) is 23.0 Å². The Bertz CT molecular complexity index is 3490. The molecular formula is C59H59FK2N11O7+. The molecule has 0 unspecified atom stereocenters. The van der Waals surface area contributed by atoms with Crippen molar-refractivity contribution in [3.05, 3.63) is 172 Å². The van der Waals surface area contributed by atoms with Gasteiger partial charge in [-0.05, 0) is 118 Å². The molecular weight excluding hydrogens is 1070 g/mol. The van der Waals surface area contributed by atoms with Crippen molar-refractivity contribution in [2.24, 2.45) is 4.99 Å². The summed E-state index contributed by atoms with van der Waals surface area (Å²) in [7, 11) is 0. The molecule has 2 saturated carbocycles. The van der Waals surface area contributed by atoms with Gasteiger partial charge >= 0.3 is 109 Å². The third-order valence-corrected chi connectivity index (χ3v) is 14.4. The van der Waals surface area contributed by atoms with E-state index < -0.39 is 12.0 Å². The number of rotatable bonds is 12. The fraction of sp³-hybridized carbons (Fsp3) is 0.254. The fourth-order valence-electron chi connectivity index (χ4n) is 10.3. The molecule has 13 rings (SSSR count). The van der Waals surface area contributed by atoms with Crippen LogP contribution in [0.3, 0.4) is 0 Å². The van der Waals surface area contributed by atoms with Gasteiger partial charge in [0.1, 0.15) is 58.6 Å². The minimum absolute atomic E-state index is 0. The second-order valence-electron chi connectivity index (χ2n) is 19.4. The van der Waals surface area contributed by atoms with Crippen LogP contribution in [0.2, 0.25) is 0 Å². The number of fused-ring (bicyclic) bond motifs is 2. The molecule has 5 N–H and O–H groups in total. The Labute approximate surface area is 549 Å². The van der Waals surface area contributed by atoms with Gasteiger partial charge in [-0.1, -0.05) is 66.7 Å². The smallest absolute Gasteiger partial charge is 0.457 e. The molecule has 2 aliphatic carbocycles. The third kappa shape index (κ3) is 15.3. The number of nitrogen functional groups attached to an aromatic ring is 2. The first-order valence-electron chi connectivity index (χ1n) is 26.2. The second kappa shape index (κ2) is 29.0. The first-order chi connectivity index (χ1) is 38.6. The van der Waals surface area contributed by atoms with E-state index in [-0.39, 0.29) is 121 Å². The number of hydrogen-bond donors (Lipinski definition) is 3. The molecule has 0 amide bonds. The summed E-state index contributed by atoms with van der Waals surface area (Å²) in [4.78, 5) is 41.5. The van der Waals surface area contributed by atoms with Gasteiger partial charge in [0.2, 0.25) is 0 Å². The Hall–Kier alpha value is -5.51. The van der Waals surface area contributed by atoms with Gasteiger partial charge in [0.05, 0.1) is 41.5 Å². The number of halogens is 1. The summed E-state index contributed by atoms with van der Waals surface area (Å²) in [6.45, 7) is 1.14. The van der Waals surface area contributed by atoms with Crippen LogP contribution in [-0.4, -0.2) is 74.2 Å². The van der Waals surface area contributed by atoms with Gasteiger partial charge in [0.15, 0.2) is 1.37 Å². The zero-order valence-electron chi connectivity index (χ0n) is 45.6. The minimum atomic E-state index is -1.44. The number of carbonyl (C=O) groups excluding carboxylic acids is 1. The summed E-state index contributed by atoms with van der Waals surface area (Å²) >= 11 is 0. The van der Waals surface area contributed by atoms with Crippen LogP contribution in [-0.2, 0) is 25.9 Å². The molecule has 4 aromatic carbocycles. The van der Waals surface area contributed by atoms with Crippen LogP contribution in [0, 0.1) is 6.86 Å². The largest absolute Gasteiger partial charge is 1.00 e. The average Bonchev–Trinajstić information content (AvgIpc) is 4.29. The van der Waals surface area contributed by atoms with Crippen LogP contribution < -0.4 is 124 Å². The Balaban J connectivity index is 0.000000174. The van der Waals surface area contributed by atoms with E-state index in [0.717, 1.165) is 119 Å². The number of hydrogen-bond acceptors (Lipinski definition) is 15. The molecule has 18 nitrogen and oxygen atoms in total. The van der Waals surface area contributed by atoms with Crippen LogP contribution in [0.25, 0.3) is 44.3 Å². The molecule has 21 heteroatoms. The maximum atomic E-state index is 11.2. The number of allylic oxidation sites excluding steroid dienone is 1. The van der Waals surface area contributed by atoms with E-state index in [0.29, 0.717) is 37.1 Å². The molecule has 4 aliphatic rings. The predicted octanol–water partition coefficient (Wildman–Crippen LogP) is 5.73. The number of carbonyl (C=O) groups is 1. The standard InChI is InChI=1S/C28H28N6O2.C25H24N4O2.C4H5N.C2H2FO3.2K/c29-26-25-24(20-6-8-23(9-7-20)36-22-4-2-1-3-5-22)16-34(27(25)32-18-31-26)21-10-12-28(35,13-11-21)17-33-15-14-30-19-33;26-23-22-21(17-6-8-20(9-7-17)31-19-4-2-1-3-5-19)14-29(24(22)28-16-27-23)18-10-12-25(13-11-18)15-30-25;1-2-4-5-3-1;3-1-5-6-2-4;;/h1-9,14-16,18-19,21,35H,10-13,17H2,(H2,29,31,32);1-9,14,16,18H,10-13,15H2,(H2,26,27,28);1,3-4H,2H2;1-2H;;/q;;;-1;2*+1/i;;;2D;;. The van der Waals surface area contributed by atoms with Crippen LogP contribution in [0.4, 0.5) is 16.0 Å². The van der Waals surface area contributed by atoms with Crippen molar-refractivity contribution in [3.8, 4) is 45.3 Å². The maximum absolute atomic E-state index is 11.2. The first kappa shape index (κ1) is 59.1. The molecule has 5 aromatic heterocycles. The second-order valence-corrected chi connectivity index (χ2v) is 19.4. The first-order valence-corrected chi connectivity index (χ1v) is 25.7. The van der Waals surface area contributed by atoms with E-state index in [2.05, 4.69) is 73.3 Å². The molecule has 1 spiro atoms. The topological polar surface area (TPSA) is 230 Å².